The predicted molar refractivity (Wildman–Crippen MR) is 95.5 cm³/mol. The molecule has 1 aliphatic heterocycles. The van der Waals surface area contributed by atoms with Crippen LogP contribution >= 0.6 is 0 Å². The van der Waals surface area contributed by atoms with Crippen LogP contribution in [0.4, 0.5) is 0 Å². The molecule has 1 amide bonds. The van der Waals surface area contributed by atoms with E-state index < -0.39 is 0 Å². The molecule has 0 aliphatic carbocycles. The Bertz CT molecular complexity index is 522. The number of nitrogens with zero attached hydrogens (tertiary/aromatic N) is 1. The molecule has 0 saturated carbocycles. The SMILES string of the molecule is C=CCOc1ccc(C(=O)NCC(C(C)C)N2CCOCC2)cc1. The minimum atomic E-state index is -0.0517. The van der Waals surface area contributed by atoms with Crippen LogP contribution in [0, 0.1) is 5.92 Å². The second-order valence-corrected chi connectivity index (χ2v) is 6.29. The molecular formula is C19H28N2O3. The number of ether oxygens (including phenoxy) is 2. The van der Waals surface area contributed by atoms with Crippen LogP contribution in [0.5, 0.6) is 5.75 Å². The van der Waals surface area contributed by atoms with Crippen LogP contribution in [0.3, 0.4) is 0 Å². The van der Waals surface area contributed by atoms with Gasteiger partial charge in [-0.2, -0.15) is 0 Å². The quantitative estimate of drug-likeness (QED) is 0.743. The Morgan fingerprint density at radius 3 is 2.58 bits per heavy atom. The van der Waals surface area contributed by atoms with Crippen LogP contribution in [0.2, 0.25) is 0 Å². The van der Waals surface area contributed by atoms with Crippen LogP contribution in [0.15, 0.2) is 36.9 Å². The summed E-state index contributed by atoms with van der Waals surface area (Å²) in [6.07, 6.45) is 1.69. The van der Waals surface area contributed by atoms with Gasteiger partial charge in [0.15, 0.2) is 0 Å². The maximum absolute atomic E-state index is 12.4. The van der Waals surface area contributed by atoms with Crippen molar-refractivity contribution in [2.45, 2.75) is 19.9 Å². The Morgan fingerprint density at radius 2 is 2.00 bits per heavy atom. The first-order chi connectivity index (χ1) is 11.6. The molecule has 2 rings (SSSR count). The van der Waals surface area contributed by atoms with Gasteiger partial charge in [0.2, 0.25) is 0 Å². The van der Waals surface area contributed by atoms with E-state index in [1.165, 1.54) is 0 Å². The summed E-state index contributed by atoms with van der Waals surface area (Å²) in [5.41, 5.74) is 0.644. The summed E-state index contributed by atoms with van der Waals surface area (Å²) in [6.45, 7) is 12.5. The van der Waals surface area contributed by atoms with Gasteiger partial charge >= 0.3 is 0 Å². The van der Waals surface area contributed by atoms with Crippen molar-refractivity contribution in [3.8, 4) is 5.75 Å². The highest BCUT2D eigenvalue weighted by molar-refractivity contribution is 5.94. The standard InChI is InChI=1S/C19H28N2O3/c1-4-11-24-17-7-5-16(6-8-17)19(22)20-14-18(15(2)3)21-9-12-23-13-10-21/h4-8,15,18H,1,9-14H2,2-3H3,(H,20,22). The third kappa shape index (κ3) is 5.35. The molecule has 1 heterocycles. The van der Waals surface area contributed by atoms with E-state index in [1.807, 2.05) is 0 Å². The summed E-state index contributed by atoms with van der Waals surface area (Å²) < 4.78 is 10.8. The first-order valence-corrected chi connectivity index (χ1v) is 8.55. The van der Waals surface area contributed by atoms with Gasteiger partial charge in [0.1, 0.15) is 12.4 Å². The molecule has 1 saturated heterocycles. The van der Waals surface area contributed by atoms with Crippen molar-refractivity contribution in [3.05, 3.63) is 42.5 Å². The van der Waals surface area contributed by atoms with Gasteiger partial charge in [0.05, 0.1) is 13.2 Å². The summed E-state index contributed by atoms with van der Waals surface area (Å²) in [5.74, 6) is 1.15. The number of hydrogen-bond acceptors (Lipinski definition) is 4. The second kappa shape index (κ2) is 9.45. The van der Waals surface area contributed by atoms with Crippen molar-refractivity contribution >= 4 is 5.91 Å². The molecule has 0 aromatic heterocycles. The minimum Gasteiger partial charge on any atom is -0.490 e. The lowest BCUT2D eigenvalue weighted by Gasteiger charge is -2.36. The normalized spacial score (nSPS) is 16.6. The highest BCUT2D eigenvalue weighted by Gasteiger charge is 2.24. The number of rotatable bonds is 8. The van der Waals surface area contributed by atoms with Gasteiger partial charge in [-0.15, -0.1) is 0 Å². The maximum atomic E-state index is 12.4. The zero-order valence-corrected chi connectivity index (χ0v) is 14.7. The molecule has 1 N–H and O–H groups in total. The maximum Gasteiger partial charge on any atom is 0.251 e. The Hall–Kier alpha value is -1.85. The molecule has 1 aliphatic rings. The summed E-state index contributed by atoms with van der Waals surface area (Å²) in [6, 6.07) is 7.51. The lowest BCUT2D eigenvalue weighted by molar-refractivity contribution is 0.00673. The smallest absolute Gasteiger partial charge is 0.251 e. The van der Waals surface area contributed by atoms with Crippen LogP contribution in [-0.4, -0.2) is 56.3 Å². The Labute approximate surface area is 144 Å². The predicted octanol–water partition coefficient (Wildman–Crippen LogP) is 2.34. The van der Waals surface area contributed by atoms with E-state index in [1.54, 1.807) is 30.3 Å². The van der Waals surface area contributed by atoms with Crippen molar-refractivity contribution < 1.29 is 14.3 Å². The highest BCUT2D eigenvalue weighted by Crippen LogP contribution is 2.14. The minimum absolute atomic E-state index is 0.0517. The summed E-state index contributed by atoms with van der Waals surface area (Å²) in [4.78, 5) is 14.8. The monoisotopic (exact) mass is 332 g/mol. The number of amides is 1. The van der Waals surface area contributed by atoms with Gasteiger partial charge < -0.3 is 14.8 Å². The van der Waals surface area contributed by atoms with Gasteiger partial charge in [0.25, 0.3) is 5.91 Å². The van der Waals surface area contributed by atoms with Gasteiger partial charge in [-0.1, -0.05) is 26.5 Å². The highest BCUT2D eigenvalue weighted by atomic mass is 16.5. The average Bonchev–Trinajstić information content (AvgIpc) is 2.61. The molecular weight excluding hydrogens is 304 g/mol. The van der Waals surface area contributed by atoms with Crippen molar-refractivity contribution in [3.63, 3.8) is 0 Å². The van der Waals surface area contributed by atoms with E-state index in [9.17, 15) is 4.79 Å². The molecule has 1 unspecified atom stereocenters. The van der Waals surface area contributed by atoms with E-state index >= 15 is 0 Å². The molecule has 1 aromatic rings. The van der Waals surface area contributed by atoms with Gasteiger partial charge in [-0.05, 0) is 30.2 Å². The fourth-order valence-corrected chi connectivity index (χ4v) is 2.85. The molecule has 0 spiro atoms. The Kier molecular flexibility index (Phi) is 7.28. The summed E-state index contributed by atoms with van der Waals surface area (Å²) in [7, 11) is 0. The molecule has 24 heavy (non-hydrogen) atoms. The lowest BCUT2D eigenvalue weighted by atomic mass is 10.0. The van der Waals surface area contributed by atoms with Crippen molar-refractivity contribution in [2.75, 3.05) is 39.5 Å². The third-order valence-corrected chi connectivity index (χ3v) is 4.24. The summed E-state index contributed by atoms with van der Waals surface area (Å²) >= 11 is 0. The molecule has 0 radical (unpaired) electrons. The van der Waals surface area contributed by atoms with Crippen LogP contribution in [-0.2, 0) is 4.74 Å². The Balaban J connectivity index is 1.89. The molecule has 5 heteroatoms. The number of carbonyl (C=O) groups is 1. The molecule has 0 bridgehead atoms. The largest absolute Gasteiger partial charge is 0.490 e. The first-order valence-electron chi connectivity index (χ1n) is 8.55. The number of morpholine rings is 1. The van der Waals surface area contributed by atoms with E-state index in [4.69, 9.17) is 9.47 Å². The topological polar surface area (TPSA) is 50.8 Å². The second-order valence-electron chi connectivity index (χ2n) is 6.29. The number of nitrogens with one attached hydrogen (secondary N) is 1. The third-order valence-electron chi connectivity index (χ3n) is 4.24. The van der Waals surface area contributed by atoms with Crippen LogP contribution < -0.4 is 10.1 Å². The van der Waals surface area contributed by atoms with Crippen LogP contribution in [0.1, 0.15) is 24.2 Å². The van der Waals surface area contributed by atoms with Crippen molar-refractivity contribution in [1.29, 1.82) is 0 Å². The molecule has 1 atom stereocenters. The number of carbonyl (C=O) groups excluding carboxylic acids is 1. The molecule has 132 valence electrons. The number of benzene rings is 1. The van der Waals surface area contributed by atoms with E-state index in [-0.39, 0.29) is 5.91 Å². The lowest BCUT2D eigenvalue weighted by Crippen LogP contribution is -2.51. The zero-order chi connectivity index (χ0) is 17.4. The fourth-order valence-electron chi connectivity index (χ4n) is 2.85. The summed E-state index contributed by atoms with van der Waals surface area (Å²) in [5, 5.41) is 3.06. The van der Waals surface area contributed by atoms with E-state index in [2.05, 4.69) is 30.6 Å². The average molecular weight is 332 g/mol. The van der Waals surface area contributed by atoms with Gasteiger partial charge in [-0.3, -0.25) is 9.69 Å². The number of hydrogen-bond donors (Lipinski definition) is 1. The van der Waals surface area contributed by atoms with Gasteiger partial charge in [-0.25, -0.2) is 0 Å². The van der Waals surface area contributed by atoms with Gasteiger partial charge in [0, 0.05) is 31.2 Å². The van der Waals surface area contributed by atoms with Crippen molar-refractivity contribution in [2.24, 2.45) is 5.92 Å². The molecule has 1 fully saturated rings. The van der Waals surface area contributed by atoms with E-state index in [0.717, 1.165) is 32.1 Å². The molecule has 1 aromatic carbocycles. The van der Waals surface area contributed by atoms with E-state index in [0.29, 0.717) is 30.7 Å². The zero-order valence-electron chi connectivity index (χ0n) is 14.7. The van der Waals surface area contributed by atoms with Crippen molar-refractivity contribution in [1.82, 2.24) is 10.2 Å². The van der Waals surface area contributed by atoms with Crippen LogP contribution in [0.25, 0.3) is 0 Å². The fraction of sp³-hybridized carbons (Fsp3) is 0.526. The molecule has 5 nitrogen and oxygen atoms in total. The Morgan fingerprint density at radius 1 is 1.33 bits per heavy atom. The first kappa shape index (κ1) is 18.5.